The molecule has 0 unspecified atom stereocenters. The average molecular weight is 233 g/mol. The maximum Gasteiger partial charge on any atom is 0.0208 e. The first-order valence-electron chi connectivity index (χ1n) is 7.12. The molecule has 1 nitrogen and oxygen atoms in total. The van der Waals surface area contributed by atoms with Crippen LogP contribution in [0.1, 0.15) is 52.0 Å². The minimum Gasteiger partial charge on any atom is -0.310 e. The Morgan fingerprint density at radius 1 is 1.00 bits per heavy atom. The Bertz CT molecular complexity index is 273. The zero-order valence-corrected chi connectivity index (χ0v) is 11.6. The lowest BCUT2D eigenvalue weighted by molar-refractivity contribution is 0.306. The fourth-order valence-electron chi connectivity index (χ4n) is 2.32. The Balaban J connectivity index is 0.000000686. The highest BCUT2D eigenvalue weighted by Gasteiger charge is 2.17. The molecule has 1 saturated carbocycles. The van der Waals surface area contributed by atoms with Gasteiger partial charge in [0, 0.05) is 12.6 Å². The van der Waals surface area contributed by atoms with Crippen molar-refractivity contribution in [1.29, 1.82) is 0 Å². The van der Waals surface area contributed by atoms with E-state index < -0.39 is 0 Å². The third-order valence-electron chi connectivity index (χ3n) is 3.45. The van der Waals surface area contributed by atoms with Crippen molar-refractivity contribution < 1.29 is 0 Å². The van der Waals surface area contributed by atoms with E-state index in [0.717, 1.165) is 18.5 Å². The average Bonchev–Trinajstić information content (AvgIpc) is 2.42. The van der Waals surface area contributed by atoms with Gasteiger partial charge in [0.15, 0.2) is 0 Å². The summed E-state index contributed by atoms with van der Waals surface area (Å²) in [7, 11) is 0. The van der Waals surface area contributed by atoms with Gasteiger partial charge in [0.2, 0.25) is 0 Å². The molecule has 1 N–H and O–H groups in total. The van der Waals surface area contributed by atoms with Gasteiger partial charge in [-0.15, -0.1) is 0 Å². The number of benzene rings is 1. The van der Waals surface area contributed by atoms with Crippen LogP contribution in [0.25, 0.3) is 0 Å². The van der Waals surface area contributed by atoms with Crippen molar-refractivity contribution in [2.45, 2.75) is 59.0 Å². The molecule has 0 saturated heterocycles. The van der Waals surface area contributed by atoms with E-state index in [1.165, 1.54) is 31.2 Å². The maximum atomic E-state index is 3.66. The molecule has 0 aliphatic heterocycles. The molecular weight excluding hydrogens is 206 g/mol. The van der Waals surface area contributed by atoms with Crippen LogP contribution >= 0.6 is 0 Å². The molecule has 17 heavy (non-hydrogen) atoms. The van der Waals surface area contributed by atoms with Crippen molar-refractivity contribution in [3.8, 4) is 0 Å². The molecule has 1 fully saturated rings. The van der Waals surface area contributed by atoms with Crippen molar-refractivity contribution in [1.82, 2.24) is 5.32 Å². The van der Waals surface area contributed by atoms with Crippen LogP contribution in [0.3, 0.4) is 0 Å². The minimum atomic E-state index is 0.751. The summed E-state index contributed by atoms with van der Waals surface area (Å²) in [5.41, 5.74) is 1.40. The topological polar surface area (TPSA) is 12.0 Å². The van der Waals surface area contributed by atoms with Crippen LogP contribution in [0.5, 0.6) is 0 Å². The standard InChI is InChI=1S/C14H21N.C2H6/c1-12-7-9-14(10-8-12)15-11-13-5-3-2-4-6-13;1-2/h2-6,12,14-15H,7-11H2,1H3;1-2H3. The fourth-order valence-corrected chi connectivity index (χ4v) is 2.32. The van der Waals surface area contributed by atoms with Gasteiger partial charge in [-0.3, -0.25) is 0 Å². The summed E-state index contributed by atoms with van der Waals surface area (Å²) in [5.74, 6) is 0.944. The molecule has 0 radical (unpaired) electrons. The lowest BCUT2D eigenvalue weighted by Gasteiger charge is -2.27. The monoisotopic (exact) mass is 233 g/mol. The van der Waals surface area contributed by atoms with Gasteiger partial charge in [0.1, 0.15) is 0 Å². The Kier molecular flexibility index (Phi) is 6.95. The predicted molar refractivity (Wildman–Crippen MR) is 76.0 cm³/mol. The normalized spacial score (nSPS) is 23.7. The highest BCUT2D eigenvalue weighted by molar-refractivity contribution is 5.14. The quantitative estimate of drug-likeness (QED) is 0.817. The van der Waals surface area contributed by atoms with Crippen molar-refractivity contribution in [3.05, 3.63) is 35.9 Å². The molecule has 0 heterocycles. The van der Waals surface area contributed by atoms with E-state index in [1.54, 1.807) is 0 Å². The summed E-state index contributed by atoms with van der Waals surface area (Å²) < 4.78 is 0. The van der Waals surface area contributed by atoms with Crippen LogP contribution in [0.2, 0.25) is 0 Å². The number of rotatable bonds is 3. The third-order valence-corrected chi connectivity index (χ3v) is 3.45. The lowest BCUT2D eigenvalue weighted by atomic mass is 9.87. The van der Waals surface area contributed by atoms with Crippen LogP contribution < -0.4 is 5.32 Å². The Morgan fingerprint density at radius 2 is 1.59 bits per heavy atom. The molecule has 1 aliphatic rings. The molecule has 2 rings (SSSR count). The molecule has 1 aromatic carbocycles. The van der Waals surface area contributed by atoms with E-state index >= 15 is 0 Å². The molecule has 0 atom stereocenters. The zero-order chi connectivity index (χ0) is 12.5. The Labute approximate surface area is 107 Å². The predicted octanol–water partition coefficient (Wildman–Crippen LogP) is 4.38. The van der Waals surface area contributed by atoms with Crippen molar-refractivity contribution in [2.24, 2.45) is 5.92 Å². The molecule has 0 spiro atoms. The first kappa shape index (κ1) is 14.2. The Hall–Kier alpha value is -0.820. The molecule has 1 aliphatic carbocycles. The van der Waals surface area contributed by atoms with Crippen LogP contribution in [-0.4, -0.2) is 6.04 Å². The first-order valence-corrected chi connectivity index (χ1v) is 7.12. The molecule has 1 aromatic rings. The largest absolute Gasteiger partial charge is 0.310 e. The van der Waals surface area contributed by atoms with Crippen LogP contribution in [0.4, 0.5) is 0 Å². The summed E-state index contributed by atoms with van der Waals surface area (Å²) >= 11 is 0. The van der Waals surface area contributed by atoms with E-state index in [2.05, 4.69) is 42.6 Å². The van der Waals surface area contributed by atoms with Crippen LogP contribution in [-0.2, 0) is 6.54 Å². The van der Waals surface area contributed by atoms with Crippen molar-refractivity contribution in [2.75, 3.05) is 0 Å². The number of nitrogens with one attached hydrogen (secondary N) is 1. The first-order chi connectivity index (χ1) is 8.34. The van der Waals surface area contributed by atoms with Gasteiger partial charge in [-0.05, 0) is 37.2 Å². The van der Waals surface area contributed by atoms with Gasteiger partial charge in [-0.1, -0.05) is 51.1 Å². The summed E-state index contributed by atoms with van der Waals surface area (Å²) in [4.78, 5) is 0. The second-order valence-corrected chi connectivity index (χ2v) is 4.82. The minimum absolute atomic E-state index is 0.751. The zero-order valence-electron chi connectivity index (χ0n) is 11.6. The molecule has 96 valence electrons. The van der Waals surface area contributed by atoms with E-state index in [-0.39, 0.29) is 0 Å². The van der Waals surface area contributed by atoms with Gasteiger partial charge >= 0.3 is 0 Å². The van der Waals surface area contributed by atoms with Gasteiger partial charge in [-0.2, -0.15) is 0 Å². The Morgan fingerprint density at radius 3 is 2.18 bits per heavy atom. The van der Waals surface area contributed by atoms with Crippen molar-refractivity contribution in [3.63, 3.8) is 0 Å². The SMILES string of the molecule is CC.CC1CCC(NCc2ccccc2)CC1. The van der Waals surface area contributed by atoms with Gasteiger partial charge in [0.25, 0.3) is 0 Å². The van der Waals surface area contributed by atoms with E-state index in [4.69, 9.17) is 0 Å². The molecule has 0 amide bonds. The smallest absolute Gasteiger partial charge is 0.0208 e. The van der Waals surface area contributed by atoms with Gasteiger partial charge in [-0.25, -0.2) is 0 Å². The second-order valence-electron chi connectivity index (χ2n) is 4.82. The molecule has 1 heteroatoms. The fraction of sp³-hybridized carbons (Fsp3) is 0.625. The summed E-state index contributed by atoms with van der Waals surface area (Å²) in [5, 5.41) is 3.66. The highest BCUT2D eigenvalue weighted by atomic mass is 14.9. The molecule has 0 aromatic heterocycles. The van der Waals surface area contributed by atoms with E-state index in [1.807, 2.05) is 13.8 Å². The second kappa shape index (κ2) is 8.30. The van der Waals surface area contributed by atoms with Gasteiger partial charge in [0.05, 0.1) is 0 Å². The third kappa shape index (κ3) is 5.36. The molecular formula is C16H27N. The summed E-state index contributed by atoms with van der Waals surface area (Å²) in [6, 6.07) is 11.4. The van der Waals surface area contributed by atoms with Crippen molar-refractivity contribution >= 4 is 0 Å². The lowest BCUT2D eigenvalue weighted by Crippen LogP contribution is -2.32. The number of hydrogen-bond acceptors (Lipinski definition) is 1. The van der Waals surface area contributed by atoms with E-state index in [9.17, 15) is 0 Å². The van der Waals surface area contributed by atoms with Crippen LogP contribution in [0, 0.1) is 5.92 Å². The summed E-state index contributed by atoms with van der Waals surface area (Å²) in [6.45, 7) is 7.40. The van der Waals surface area contributed by atoms with Crippen LogP contribution in [0.15, 0.2) is 30.3 Å². The van der Waals surface area contributed by atoms with E-state index in [0.29, 0.717) is 0 Å². The maximum absolute atomic E-state index is 3.66. The molecule has 0 bridgehead atoms. The van der Waals surface area contributed by atoms with Gasteiger partial charge < -0.3 is 5.32 Å². The summed E-state index contributed by atoms with van der Waals surface area (Å²) in [6.07, 6.45) is 5.50. The highest BCUT2D eigenvalue weighted by Crippen LogP contribution is 2.23. The number of hydrogen-bond donors (Lipinski definition) is 1.